The molecule has 0 unspecified atom stereocenters. The van der Waals surface area contributed by atoms with Crippen molar-refractivity contribution in [1.29, 1.82) is 0 Å². The van der Waals surface area contributed by atoms with Crippen LogP contribution in [0, 0.1) is 6.92 Å². The van der Waals surface area contributed by atoms with Gasteiger partial charge in [-0.15, -0.1) is 0 Å². The predicted molar refractivity (Wildman–Crippen MR) is 86.3 cm³/mol. The van der Waals surface area contributed by atoms with Crippen LogP contribution in [0.15, 0.2) is 35.6 Å². The van der Waals surface area contributed by atoms with Gasteiger partial charge in [0.25, 0.3) is 0 Å². The van der Waals surface area contributed by atoms with Gasteiger partial charge in [-0.2, -0.15) is 0 Å². The average molecular weight is 314 g/mol. The quantitative estimate of drug-likeness (QED) is 0.565. The molecular formula is C14H18N8O. The molecule has 23 heavy (non-hydrogen) atoms. The van der Waals surface area contributed by atoms with E-state index in [1.165, 1.54) is 6.33 Å². The smallest absolute Gasteiger partial charge is 0.175 e. The monoisotopic (exact) mass is 314 g/mol. The van der Waals surface area contributed by atoms with Crippen molar-refractivity contribution in [1.82, 2.24) is 24.7 Å². The summed E-state index contributed by atoms with van der Waals surface area (Å²) in [5.74, 6) is 2.34. The SMILES string of the molecule is Cc1cc(Nc2ncnc(NCCCn3ccnc3)c2N)no1. The molecule has 0 bridgehead atoms. The van der Waals surface area contributed by atoms with Crippen molar-refractivity contribution in [3.05, 3.63) is 36.9 Å². The molecule has 3 rings (SSSR count). The fourth-order valence-electron chi connectivity index (χ4n) is 2.07. The molecular weight excluding hydrogens is 296 g/mol. The van der Waals surface area contributed by atoms with Crippen molar-refractivity contribution >= 4 is 23.1 Å². The van der Waals surface area contributed by atoms with Crippen LogP contribution in [-0.4, -0.2) is 31.2 Å². The van der Waals surface area contributed by atoms with Crippen LogP contribution < -0.4 is 16.4 Å². The van der Waals surface area contributed by atoms with Gasteiger partial charge >= 0.3 is 0 Å². The van der Waals surface area contributed by atoms with Gasteiger partial charge in [-0.1, -0.05) is 5.16 Å². The first-order chi connectivity index (χ1) is 11.2. The highest BCUT2D eigenvalue weighted by molar-refractivity contribution is 5.76. The number of nitrogens with two attached hydrogens (primary N) is 1. The molecule has 0 aliphatic heterocycles. The van der Waals surface area contributed by atoms with Crippen LogP contribution in [-0.2, 0) is 6.54 Å². The van der Waals surface area contributed by atoms with Crippen LogP contribution in [0.5, 0.6) is 0 Å². The van der Waals surface area contributed by atoms with Crippen LogP contribution in [0.4, 0.5) is 23.1 Å². The minimum Gasteiger partial charge on any atom is -0.393 e. The van der Waals surface area contributed by atoms with Crippen LogP contribution in [0.1, 0.15) is 12.2 Å². The van der Waals surface area contributed by atoms with E-state index in [0.29, 0.717) is 28.9 Å². The first kappa shape index (κ1) is 14.8. The third-order valence-corrected chi connectivity index (χ3v) is 3.20. The van der Waals surface area contributed by atoms with E-state index in [9.17, 15) is 0 Å². The summed E-state index contributed by atoms with van der Waals surface area (Å²) in [6.07, 6.45) is 7.86. The van der Waals surface area contributed by atoms with Crippen LogP contribution in [0.3, 0.4) is 0 Å². The lowest BCUT2D eigenvalue weighted by Crippen LogP contribution is -2.10. The molecule has 0 aromatic carbocycles. The van der Waals surface area contributed by atoms with Gasteiger partial charge in [-0.25, -0.2) is 15.0 Å². The molecule has 9 heteroatoms. The van der Waals surface area contributed by atoms with Gasteiger partial charge in [-0.05, 0) is 13.3 Å². The molecule has 0 atom stereocenters. The Kier molecular flexibility index (Phi) is 4.37. The maximum absolute atomic E-state index is 6.09. The van der Waals surface area contributed by atoms with Gasteiger partial charge < -0.3 is 25.5 Å². The van der Waals surface area contributed by atoms with Crippen molar-refractivity contribution in [3.63, 3.8) is 0 Å². The number of nitrogens with zero attached hydrogens (tertiary/aromatic N) is 5. The number of nitrogen functional groups attached to an aromatic ring is 1. The van der Waals surface area contributed by atoms with Crippen molar-refractivity contribution in [2.24, 2.45) is 0 Å². The van der Waals surface area contributed by atoms with Crippen molar-refractivity contribution in [2.75, 3.05) is 22.9 Å². The summed E-state index contributed by atoms with van der Waals surface area (Å²) in [5, 5.41) is 10.1. The average Bonchev–Trinajstić information content (AvgIpc) is 3.19. The number of rotatable bonds is 7. The third kappa shape index (κ3) is 3.76. The van der Waals surface area contributed by atoms with E-state index in [1.807, 2.05) is 17.7 Å². The normalized spacial score (nSPS) is 10.7. The van der Waals surface area contributed by atoms with Crippen molar-refractivity contribution < 1.29 is 4.52 Å². The topological polar surface area (TPSA) is 120 Å². The molecule has 0 amide bonds. The van der Waals surface area contributed by atoms with Crippen molar-refractivity contribution in [3.8, 4) is 0 Å². The van der Waals surface area contributed by atoms with Gasteiger partial charge in [0.2, 0.25) is 0 Å². The lowest BCUT2D eigenvalue weighted by molar-refractivity contribution is 0.400. The standard InChI is InChI=1S/C14H18N8O/c1-10-7-11(21-23-10)20-14-12(15)13(18-8-19-14)17-3-2-5-22-6-4-16-9-22/h4,6-9H,2-3,5,15H2,1H3,(H2,17,18,19,20,21). The zero-order chi connectivity index (χ0) is 16.1. The molecule has 3 heterocycles. The van der Waals surface area contributed by atoms with Gasteiger partial charge in [0.05, 0.1) is 6.33 Å². The Morgan fingerprint density at radius 1 is 1.30 bits per heavy atom. The van der Waals surface area contributed by atoms with Crippen LogP contribution in [0.25, 0.3) is 0 Å². The Balaban J connectivity index is 1.58. The molecule has 120 valence electrons. The number of hydrogen-bond acceptors (Lipinski definition) is 8. The zero-order valence-electron chi connectivity index (χ0n) is 12.7. The number of aryl methyl sites for hydroxylation is 2. The van der Waals surface area contributed by atoms with Gasteiger partial charge in [-0.3, -0.25) is 0 Å². The van der Waals surface area contributed by atoms with E-state index in [4.69, 9.17) is 10.3 Å². The summed E-state index contributed by atoms with van der Waals surface area (Å²) >= 11 is 0. The summed E-state index contributed by atoms with van der Waals surface area (Å²) in [6.45, 7) is 3.43. The third-order valence-electron chi connectivity index (χ3n) is 3.20. The maximum Gasteiger partial charge on any atom is 0.175 e. The molecule has 0 radical (unpaired) electrons. The molecule has 0 spiro atoms. The minimum atomic E-state index is 0.441. The van der Waals surface area contributed by atoms with Crippen LogP contribution >= 0.6 is 0 Å². The lowest BCUT2D eigenvalue weighted by Gasteiger charge is -2.11. The van der Waals surface area contributed by atoms with E-state index in [0.717, 1.165) is 19.5 Å². The fourth-order valence-corrected chi connectivity index (χ4v) is 2.07. The summed E-state index contributed by atoms with van der Waals surface area (Å²) in [4.78, 5) is 12.3. The van der Waals surface area contributed by atoms with E-state index in [2.05, 4.69) is 30.7 Å². The Morgan fingerprint density at radius 3 is 2.91 bits per heavy atom. The lowest BCUT2D eigenvalue weighted by atomic mass is 10.3. The van der Waals surface area contributed by atoms with E-state index in [1.54, 1.807) is 18.6 Å². The molecule has 4 N–H and O–H groups in total. The van der Waals surface area contributed by atoms with Gasteiger partial charge in [0, 0.05) is 31.5 Å². The highest BCUT2D eigenvalue weighted by atomic mass is 16.5. The maximum atomic E-state index is 6.09. The number of hydrogen-bond donors (Lipinski definition) is 3. The molecule has 0 fully saturated rings. The molecule has 3 aromatic heterocycles. The Labute approximate surface area is 132 Å². The molecule has 9 nitrogen and oxygen atoms in total. The van der Waals surface area contributed by atoms with Crippen LogP contribution in [0.2, 0.25) is 0 Å². The first-order valence-electron chi connectivity index (χ1n) is 7.23. The second-order valence-corrected chi connectivity index (χ2v) is 5.01. The second-order valence-electron chi connectivity index (χ2n) is 5.01. The first-order valence-corrected chi connectivity index (χ1v) is 7.23. The summed E-state index contributed by atoms with van der Waals surface area (Å²) in [5.41, 5.74) is 6.53. The predicted octanol–water partition coefficient (Wildman–Crippen LogP) is 1.80. The van der Waals surface area contributed by atoms with E-state index >= 15 is 0 Å². The molecule has 0 aliphatic carbocycles. The van der Waals surface area contributed by atoms with E-state index in [-0.39, 0.29) is 0 Å². The summed E-state index contributed by atoms with van der Waals surface area (Å²) in [6, 6.07) is 1.76. The summed E-state index contributed by atoms with van der Waals surface area (Å²) < 4.78 is 7.02. The second kappa shape index (κ2) is 6.77. The highest BCUT2D eigenvalue weighted by Gasteiger charge is 2.09. The molecule has 0 saturated carbocycles. The molecule has 0 aliphatic rings. The Hall–Kier alpha value is -3.10. The number of nitrogens with one attached hydrogen (secondary N) is 2. The highest BCUT2D eigenvalue weighted by Crippen LogP contribution is 2.25. The number of anilines is 4. The summed E-state index contributed by atoms with van der Waals surface area (Å²) in [7, 11) is 0. The van der Waals surface area contributed by atoms with E-state index < -0.39 is 0 Å². The molecule has 0 saturated heterocycles. The Morgan fingerprint density at radius 2 is 2.17 bits per heavy atom. The van der Waals surface area contributed by atoms with Gasteiger partial charge in [0.15, 0.2) is 17.5 Å². The number of imidazole rings is 1. The Bertz CT molecular complexity index is 752. The zero-order valence-corrected chi connectivity index (χ0v) is 12.7. The largest absolute Gasteiger partial charge is 0.393 e. The van der Waals surface area contributed by atoms with Gasteiger partial charge in [0.1, 0.15) is 17.8 Å². The fraction of sp³-hybridized carbons (Fsp3) is 0.286. The number of aromatic nitrogens is 5. The van der Waals surface area contributed by atoms with Crippen molar-refractivity contribution in [2.45, 2.75) is 19.9 Å². The molecule has 3 aromatic rings. The minimum absolute atomic E-state index is 0.441.